The van der Waals surface area contributed by atoms with E-state index < -0.39 is 15.6 Å². The predicted molar refractivity (Wildman–Crippen MR) is 32.3 cm³/mol. The van der Waals surface area contributed by atoms with Crippen molar-refractivity contribution in [3.63, 3.8) is 0 Å². The van der Waals surface area contributed by atoms with Gasteiger partial charge >= 0.3 is 45.2 Å². The largest absolute Gasteiger partial charge is 0 e. The molecule has 0 rings (SSSR count). The van der Waals surface area contributed by atoms with Crippen LogP contribution in [0.2, 0.25) is 0 Å². The van der Waals surface area contributed by atoms with Gasteiger partial charge in [0.15, 0.2) is 0 Å². The zero-order valence-corrected chi connectivity index (χ0v) is 7.76. The summed E-state index contributed by atoms with van der Waals surface area (Å²) in [5.74, 6) is 0. The fraction of sp³-hybridized carbons (Fsp3) is 0. The minimum absolute atomic E-state index is 0. The topological polar surface area (TPSA) is 124 Å². The van der Waals surface area contributed by atoms with Crippen molar-refractivity contribution in [1.82, 2.24) is 0 Å². The van der Waals surface area contributed by atoms with Gasteiger partial charge in [-0.2, -0.15) is 4.31 Å². The Morgan fingerprint density at radius 3 is 1.09 bits per heavy atom. The second kappa shape index (κ2) is 6.43. The molecule has 11 heavy (non-hydrogen) atoms. The Kier molecular flexibility index (Phi) is 10.9. The number of hydrogen-bond donors (Lipinski definition) is 4. The van der Waals surface area contributed by atoms with Gasteiger partial charge in [0.2, 0.25) is 0 Å². The summed E-state index contributed by atoms with van der Waals surface area (Å²) in [7, 11) is -10.1. The van der Waals surface area contributed by atoms with Gasteiger partial charge < -0.3 is 19.6 Å². The van der Waals surface area contributed by atoms with Crippen LogP contribution in [0.3, 0.4) is 0 Å². The van der Waals surface area contributed by atoms with Crippen LogP contribution in [0.1, 0.15) is 0 Å². The first kappa shape index (κ1) is 18.7. The van der Waals surface area contributed by atoms with E-state index in [4.69, 9.17) is 19.6 Å². The van der Waals surface area contributed by atoms with Gasteiger partial charge in [0, 0.05) is 21.7 Å². The third-order valence-electron chi connectivity index (χ3n) is 0.213. The molecule has 0 aliphatic rings. The minimum atomic E-state index is -5.05. The molecule has 0 aliphatic heterocycles. The van der Waals surface area contributed by atoms with Crippen LogP contribution < -0.4 is 0 Å². The van der Waals surface area contributed by atoms with Crippen LogP contribution in [0.25, 0.3) is 0 Å². The van der Waals surface area contributed by atoms with Crippen LogP contribution in [0.5, 0.6) is 0 Å². The molecule has 0 aromatic heterocycles. The van der Waals surface area contributed by atoms with Gasteiger partial charge in [0.25, 0.3) is 0 Å². The molecule has 0 atom stereocenters. The smallest absolute Gasteiger partial charge is 0 e. The molecule has 0 bridgehead atoms. The van der Waals surface area contributed by atoms with Crippen LogP contribution in [0.15, 0.2) is 0 Å². The van der Waals surface area contributed by atoms with Gasteiger partial charge in [-0.15, -0.1) is 0 Å². The van der Waals surface area contributed by atoms with Gasteiger partial charge in [-0.05, 0) is 0 Å². The van der Waals surface area contributed by atoms with Crippen molar-refractivity contribution in [2.45, 2.75) is 0 Å². The number of phosphoric acid groups is 2. The molecule has 0 saturated heterocycles. The first-order valence-electron chi connectivity index (χ1n) is 1.53. The Balaban J connectivity index is -0.000000320. The molecule has 4 N–H and O–H groups in total. The van der Waals surface area contributed by atoms with Gasteiger partial charge in [0.1, 0.15) is 0 Å². The molecule has 0 heterocycles. The Labute approximate surface area is 99.2 Å². The molecule has 0 aromatic carbocycles. The van der Waals surface area contributed by atoms with Crippen LogP contribution in [0, 0.1) is 0 Å². The molecule has 0 aliphatic carbocycles. The van der Waals surface area contributed by atoms with E-state index in [2.05, 4.69) is 4.31 Å². The molecule has 62 valence electrons. The molecular formula is H5NaO7P2Ti. The molecule has 11 heteroatoms. The Morgan fingerprint density at radius 1 is 0.909 bits per heavy atom. The van der Waals surface area contributed by atoms with Gasteiger partial charge in [0.05, 0.1) is 0 Å². The Morgan fingerprint density at radius 2 is 1.09 bits per heavy atom. The van der Waals surface area contributed by atoms with Crippen LogP contribution in [-0.4, -0.2) is 49.1 Å². The summed E-state index contributed by atoms with van der Waals surface area (Å²) in [6, 6.07) is 0. The fourth-order valence-corrected chi connectivity index (χ4v) is 1.25. The van der Waals surface area contributed by atoms with E-state index in [1.807, 2.05) is 0 Å². The van der Waals surface area contributed by atoms with Crippen LogP contribution in [-0.2, 0) is 35.2 Å². The van der Waals surface area contributed by atoms with Crippen LogP contribution in [0.4, 0.5) is 0 Å². The summed E-state index contributed by atoms with van der Waals surface area (Å²) in [5.41, 5.74) is 0. The van der Waals surface area contributed by atoms with E-state index in [9.17, 15) is 9.13 Å². The molecule has 0 aromatic rings. The summed E-state index contributed by atoms with van der Waals surface area (Å²) >= 11 is 0. The zero-order chi connectivity index (χ0) is 7.71. The second-order valence-corrected chi connectivity index (χ2v) is 3.68. The molecule has 7 nitrogen and oxygen atoms in total. The first-order chi connectivity index (χ1) is 3.71. The Bertz CT molecular complexity index is 157. The Hall–Kier alpha value is 1.97. The maximum Gasteiger partial charge on any atom is 0 e. The molecule has 0 spiro atoms. The molecule has 0 saturated carbocycles. The molecule has 0 fully saturated rings. The van der Waals surface area contributed by atoms with Crippen molar-refractivity contribution in [2.24, 2.45) is 0 Å². The molecule has 0 unspecified atom stereocenters. The van der Waals surface area contributed by atoms with E-state index >= 15 is 0 Å². The monoisotopic (exact) mass is 250 g/mol. The predicted octanol–water partition coefficient (Wildman–Crippen LogP) is -1.46. The van der Waals surface area contributed by atoms with Gasteiger partial charge in [-0.1, -0.05) is 0 Å². The van der Waals surface area contributed by atoms with E-state index in [0.717, 1.165) is 0 Å². The maximum absolute atomic E-state index is 9.63. The quantitative estimate of drug-likeness (QED) is 0.348. The van der Waals surface area contributed by atoms with E-state index in [-0.39, 0.29) is 51.3 Å². The van der Waals surface area contributed by atoms with Crippen molar-refractivity contribution in [3.8, 4) is 0 Å². The van der Waals surface area contributed by atoms with Gasteiger partial charge in [-0.3, -0.25) is 0 Å². The summed E-state index contributed by atoms with van der Waals surface area (Å²) in [6.07, 6.45) is 0. The average molecular weight is 250 g/mol. The van der Waals surface area contributed by atoms with Gasteiger partial charge in [-0.25, -0.2) is 9.13 Å². The number of hydrogen-bond acceptors (Lipinski definition) is 3. The number of rotatable bonds is 2. The first-order valence-corrected chi connectivity index (χ1v) is 4.59. The minimum Gasteiger partial charge on any atom is 0 e. The van der Waals surface area contributed by atoms with Crippen molar-refractivity contribution >= 4 is 45.2 Å². The SMILES string of the molecule is O=P(O)(O)OP(=O)(O)O.[NaH].[Ti]. The summed E-state index contributed by atoms with van der Waals surface area (Å²) in [4.78, 5) is 31.0. The van der Waals surface area contributed by atoms with Crippen molar-refractivity contribution in [1.29, 1.82) is 0 Å². The summed E-state index contributed by atoms with van der Waals surface area (Å²) in [6.45, 7) is 0. The van der Waals surface area contributed by atoms with Crippen molar-refractivity contribution < 1.29 is 54.7 Å². The second-order valence-electron chi connectivity index (χ2n) is 1.06. The summed E-state index contributed by atoms with van der Waals surface area (Å²) in [5, 5.41) is 0. The van der Waals surface area contributed by atoms with Crippen molar-refractivity contribution in [3.05, 3.63) is 0 Å². The third kappa shape index (κ3) is 18.7. The normalized spacial score (nSPS) is 11.3. The van der Waals surface area contributed by atoms with E-state index in [1.54, 1.807) is 0 Å². The van der Waals surface area contributed by atoms with Crippen molar-refractivity contribution in [2.75, 3.05) is 0 Å². The molecular weight excluding hydrogens is 245 g/mol. The zero-order valence-electron chi connectivity index (χ0n) is 4.41. The molecule has 0 amide bonds. The van der Waals surface area contributed by atoms with Crippen LogP contribution >= 0.6 is 15.6 Å². The summed E-state index contributed by atoms with van der Waals surface area (Å²) < 4.78 is 22.2. The van der Waals surface area contributed by atoms with E-state index in [0.29, 0.717) is 0 Å². The van der Waals surface area contributed by atoms with E-state index in [1.165, 1.54) is 0 Å². The molecule has 0 radical (unpaired) electrons. The average Bonchev–Trinajstić information content (AvgIpc) is 1.14. The fourth-order valence-electron chi connectivity index (χ4n) is 0.139. The third-order valence-corrected chi connectivity index (χ3v) is 1.91. The maximum atomic E-state index is 9.63. The standard InChI is InChI=1S/Na.H4O7P2.Ti.H/c;1-8(2,3)7-9(4,5)6;;/h;(H2,1,2,3)(H2,4,5,6);;.